The van der Waals surface area contributed by atoms with E-state index in [1.165, 1.54) is 5.56 Å². The van der Waals surface area contributed by atoms with Crippen LogP contribution < -0.4 is 0 Å². The lowest BCUT2D eigenvalue weighted by Gasteiger charge is -2.03. The van der Waals surface area contributed by atoms with Crippen molar-refractivity contribution in [2.24, 2.45) is 0 Å². The van der Waals surface area contributed by atoms with Gasteiger partial charge in [-0.15, -0.1) is 11.3 Å². The molecular weight excluding hydrogens is 308 g/mol. The molecule has 0 aliphatic heterocycles. The van der Waals surface area contributed by atoms with E-state index in [-0.39, 0.29) is 5.92 Å². The van der Waals surface area contributed by atoms with Crippen LogP contribution in [0.4, 0.5) is 0 Å². The molecule has 0 saturated carbocycles. The molecule has 0 bridgehead atoms. The van der Waals surface area contributed by atoms with Gasteiger partial charge in [0.15, 0.2) is 0 Å². The maximum Gasteiger partial charge on any atom is 0.123 e. The molecular formula is C14H13BrN2S. The average Bonchev–Trinajstić information content (AvgIpc) is 2.83. The first-order valence-corrected chi connectivity index (χ1v) is 7.44. The molecule has 1 atom stereocenters. The first-order chi connectivity index (χ1) is 8.65. The fourth-order valence-electron chi connectivity index (χ4n) is 1.76. The SMILES string of the molecule is CCC(C#N)c1csc(-c2cc(Br)ccc2C)n1. The van der Waals surface area contributed by atoms with Gasteiger partial charge in [0.2, 0.25) is 0 Å². The van der Waals surface area contributed by atoms with Crippen molar-refractivity contribution in [2.75, 3.05) is 0 Å². The first-order valence-electron chi connectivity index (χ1n) is 5.77. The van der Waals surface area contributed by atoms with Gasteiger partial charge in [-0.3, -0.25) is 0 Å². The second-order valence-electron chi connectivity index (χ2n) is 4.13. The van der Waals surface area contributed by atoms with E-state index in [0.717, 1.165) is 27.2 Å². The third-order valence-corrected chi connectivity index (χ3v) is 4.26. The summed E-state index contributed by atoms with van der Waals surface area (Å²) in [7, 11) is 0. The van der Waals surface area contributed by atoms with Crippen molar-refractivity contribution in [3.63, 3.8) is 0 Å². The van der Waals surface area contributed by atoms with Crippen LogP contribution >= 0.6 is 27.3 Å². The van der Waals surface area contributed by atoms with E-state index in [1.807, 2.05) is 18.4 Å². The van der Waals surface area contributed by atoms with Gasteiger partial charge < -0.3 is 0 Å². The molecule has 2 rings (SSSR count). The molecule has 0 aliphatic rings. The van der Waals surface area contributed by atoms with Crippen LogP contribution in [0.5, 0.6) is 0 Å². The molecule has 0 spiro atoms. The van der Waals surface area contributed by atoms with Crippen molar-refractivity contribution in [1.82, 2.24) is 4.98 Å². The van der Waals surface area contributed by atoms with Crippen molar-refractivity contribution >= 4 is 27.3 Å². The molecule has 0 aliphatic carbocycles. The summed E-state index contributed by atoms with van der Waals surface area (Å²) in [4.78, 5) is 4.60. The molecule has 0 saturated heterocycles. The fourth-order valence-corrected chi connectivity index (χ4v) is 3.08. The minimum absolute atomic E-state index is 0.0949. The third kappa shape index (κ3) is 2.63. The van der Waals surface area contributed by atoms with Crippen LogP contribution in [0.1, 0.15) is 30.5 Å². The Labute approximate surface area is 119 Å². The summed E-state index contributed by atoms with van der Waals surface area (Å²) >= 11 is 5.08. The number of aryl methyl sites for hydroxylation is 1. The highest BCUT2D eigenvalue weighted by molar-refractivity contribution is 9.10. The summed E-state index contributed by atoms with van der Waals surface area (Å²) < 4.78 is 1.05. The summed E-state index contributed by atoms with van der Waals surface area (Å²) in [6.07, 6.45) is 0.803. The lowest BCUT2D eigenvalue weighted by Crippen LogP contribution is -1.93. The van der Waals surface area contributed by atoms with Gasteiger partial charge in [0, 0.05) is 15.4 Å². The molecule has 4 heteroatoms. The number of benzene rings is 1. The Bertz CT molecular complexity index is 598. The zero-order chi connectivity index (χ0) is 13.1. The molecule has 92 valence electrons. The zero-order valence-corrected chi connectivity index (χ0v) is 12.7. The molecule has 0 amide bonds. The molecule has 1 heterocycles. The summed E-state index contributed by atoms with van der Waals surface area (Å²) in [6.45, 7) is 4.09. The molecule has 1 aromatic carbocycles. The molecule has 0 radical (unpaired) electrons. The smallest absolute Gasteiger partial charge is 0.123 e. The normalized spacial score (nSPS) is 12.1. The Balaban J connectivity index is 2.41. The van der Waals surface area contributed by atoms with Gasteiger partial charge >= 0.3 is 0 Å². The van der Waals surface area contributed by atoms with E-state index < -0.39 is 0 Å². The van der Waals surface area contributed by atoms with Crippen LogP contribution in [0.3, 0.4) is 0 Å². The number of hydrogen-bond donors (Lipinski definition) is 0. The second kappa shape index (κ2) is 5.64. The minimum atomic E-state index is -0.0949. The lowest BCUT2D eigenvalue weighted by molar-refractivity contribution is 0.795. The molecule has 1 unspecified atom stereocenters. The van der Waals surface area contributed by atoms with Crippen LogP contribution in [-0.2, 0) is 0 Å². The van der Waals surface area contributed by atoms with Crippen molar-refractivity contribution in [2.45, 2.75) is 26.2 Å². The van der Waals surface area contributed by atoms with Crippen LogP contribution in [0.15, 0.2) is 28.1 Å². The minimum Gasteiger partial charge on any atom is -0.240 e. The monoisotopic (exact) mass is 320 g/mol. The summed E-state index contributed by atoms with van der Waals surface area (Å²) in [5, 5.41) is 12.0. The maximum atomic E-state index is 9.07. The fraction of sp³-hybridized carbons (Fsp3) is 0.286. The Hall–Kier alpha value is -1.18. The predicted octanol–water partition coefficient (Wildman–Crippen LogP) is 4.90. The number of nitrogens with zero attached hydrogens (tertiary/aromatic N) is 2. The zero-order valence-electron chi connectivity index (χ0n) is 10.3. The van der Waals surface area contributed by atoms with E-state index in [0.29, 0.717) is 0 Å². The van der Waals surface area contributed by atoms with Crippen molar-refractivity contribution in [3.05, 3.63) is 39.3 Å². The number of rotatable bonds is 3. The van der Waals surface area contributed by atoms with Crippen molar-refractivity contribution in [1.29, 1.82) is 5.26 Å². The summed E-state index contributed by atoms with van der Waals surface area (Å²) in [6, 6.07) is 8.47. The summed E-state index contributed by atoms with van der Waals surface area (Å²) in [5.74, 6) is -0.0949. The number of aromatic nitrogens is 1. The Morgan fingerprint density at radius 2 is 2.28 bits per heavy atom. The summed E-state index contributed by atoms with van der Waals surface area (Å²) in [5.41, 5.74) is 3.22. The van der Waals surface area contributed by atoms with Crippen molar-refractivity contribution in [3.8, 4) is 16.6 Å². The van der Waals surface area contributed by atoms with E-state index >= 15 is 0 Å². The third-order valence-electron chi connectivity index (χ3n) is 2.87. The number of nitriles is 1. The number of hydrogen-bond acceptors (Lipinski definition) is 3. The lowest BCUT2D eigenvalue weighted by atomic mass is 10.1. The highest BCUT2D eigenvalue weighted by Gasteiger charge is 2.14. The van der Waals surface area contributed by atoms with Gasteiger partial charge in [-0.1, -0.05) is 28.9 Å². The molecule has 18 heavy (non-hydrogen) atoms. The van der Waals surface area contributed by atoms with Crippen LogP contribution in [-0.4, -0.2) is 4.98 Å². The van der Waals surface area contributed by atoms with Gasteiger partial charge in [0.05, 0.1) is 17.7 Å². The van der Waals surface area contributed by atoms with Gasteiger partial charge in [-0.2, -0.15) is 5.26 Å². The van der Waals surface area contributed by atoms with E-state index in [9.17, 15) is 0 Å². The highest BCUT2D eigenvalue weighted by atomic mass is 79.9. The van der Waals surface area contributed by atoms with Crippen LogP contribution in [0.2, 0.25) is 0 Å². The molecule has 0 fully saturated rings. The standard InChI is InChI=1S/C14H13BrN2S/c1-3-10(7-16)13-8-18-14(17-13)12-6-11(15)5-4-9(12)2/h4-6,8,10H,3H2,1-2H3. The Kier molecular flexibility index (Phi) is 4.15. The first kappa shape index (κ1) is 13.3. The van der Waals surface area contributed by atoms with Gasteiger partial charge in [-0.05, 0) is 31.0 Å². The van der Waals surface area contributed by atoms with E-state index in [2.05, 4.69) is 46.0 Å². The predicted molar refractivity (Wildman–Crippen MR) is 78.6 cm³/mol. The largest absolute Gasteiger partial charge is 0.240 e. The Morgan fingerprint density at radius 3 is 2.94 bits per heavy atom. The quantitative estimate of drug-likeness (QED) is 0.806. The highest BCUT2D eigenvalue weighted by Crippen LogP contribution is 2.31. The number of thiazole rings is 1. The van der Waals surface area contributed by atoms with Gasteiger partial charge in [-0.25, -0.2) is 4.98 Å². The molecule has 0 N–H and O–H groups in total. The molecule has 2 aromatic rings. The van der Waals surface area contributed by atoms with E-state index in [1.54, 1.807) is 11.3 Å². The average molecular weight is 321 g/mol. The Morgan fingerprint density at radius 1 is 1.50 bits per heavy atom. The molecule has 1 aromatic heterocycles. The second-order valence-corrected chi connectivity index (χ2v) is 5.90. The molecule has 2 nitrogen and oxygen atoms in total. The van der Waals surface area contributed by atoms with Gasteiger partial charge in [0.25, 0.3) is 0 Å². The van der Waals surface area contributed by atoms with Crippen molar-refractivity contribution < 1.29 is 0 Å². The van der Waals surface area contributed by atoms with Crippen LogP contribution in [0.25, 0.3) is 10.6 Å². The topological polar surface area (TPSA) is 36.7 Å². The van der Waals surface area contributed by atoms with Crippen LogP contribution in [0, 0.1) is 18.3 Å². The van der Waals surface area contributed by atoms with Gasteiger partial charge in [0.1, 0.15) is 5.01 Å². The van der Waals surface area contributed by atoms with E-state index in [4.69, 9.17) is 5.26 Å². The maximum absolute atomic E-state index is 9.07. The number of halogens is 1.